The summed E-state index contributed by atoms with van der Waals surface area (Å²) in [6, 6.07) is 0.601. The largest absolute Gasteiger partial charge is 0.508 e. The molecule has 5 atom stereocenters. The van der Waals surface area contributed by atoms with E-state index in [1.807, 2.05) is 19.0 Å². The summed E-state index contributed by atoms with van der Waals surface area (Å²) >= 11 is 0. The zero-order valence-corrected chi connectivity index (χ0v) is 24.7. The molecule has 1 unspecified atom stereocenters. The molecule has 1 saturated carbocycles. The molecule has 42 heavy (non-hydrogen) atoms. The number of fused-ring (bicyclic) bond motifs is 3. The van der Waals surface area contributed by atoms with E-state index in [0.29, 0.717) is 31.1 Å². The molecule has 2 fully saturated rings. The Morgan fingerprint density at radius 2 is 1.93 bits per heavy atom. The van der Waals surface area contributed by atoms with E-state index in [9.17, 15) is 29.7 Å². The number of hydrogen-bond acceptors (Lipinski definition) is 11. The summed E-state index contributed by atoms with van der Waals surface area (Å²) in [7, 11) is 8.28. The number of benzene rings is 1. The molecule has 3 aliphatic carbocycles. The van der Waals surface area contributed by atoms with Crippen molar-refractivity contribution in [3.05, 3.63) is 39.7 Å². The fourth-order valence-electron chi connectivity index (χ4n) is 7.53. The van der Waals surface area contributed by atoms with Crippen LogP contribution in [0.3, 0.4) is 0 Å². The van der Waals surface area contributed by atoms with Gasteiger partial charge in [-0.1, -0.05) is 0 Å². The number of phenols is 1. The molecule has 0 radical (unpaired) electrons. The van der Waals surface area contributed by atoms with Crippen molar-refractivity contribution in [2.45, 2.75) is 37.5 Å². The van der Waals surface area contributed by atoms with Crippen LogP contribution in [0, 0.1) is 17.8 Å². The molecule has 4 aliphatic rings. The van der Waals surface area contributed by atoms with E-state index in [1.165, 1.54) is 7.11 Å². The van der Waals surface area contributed by atoms with Gasteiger partial charge in [-0.2, -0.15) is 0 Å². The number of phenolic OH excluding ortho intramolecular Hbond substituents is 1. The molecule has 0 spiro atoms. The number of methoxy groups -OCH3 is 1. The van der Waals surface area contributed by atoms with E-state index in [-0.39, 0.29) is 23.3 Å². The SMILES string of the molecule is CO[C@]12C(=O)C3=C(O)c4c(O)cc(CNCC5CCOC5)c(N(C)C)c4C[C@H]3C[C@H]1[C@H](N(C)C)C(=O)C(C(N)=O)=C2O. The average Bonchev–Trinajstić information content (AvgIpc) is 3.41. The Kier molecular flexibility index (Phi) is 7.86. The highest BCUT2D eigenvalue weighted by Crippen LogP contribution is 2.55. The number of carbonyl (C=O) groups is 3. The Morgan fingerprint density at radius 3 is 2.50 bits per heavy atom. The molecular formula is C30H40N4O8. The van der Waals surface area contributed by atoms with Crippen LogP contribution in [0.1, 0.15) is 29.5 Å². The monoisotopic (exact) mass is 584 g/mol. The molecule has 1 aromatic carbocycles. The van der Waals surface area contributed by atoms with Crippen molar-refractivity contribution in [2.24, 2.45) is 23.5 Å². The number of nitrogens with one attached hydrogen (secondary N) is 1. The van der Waals surface area contributed by atoms with Crippen molar-refractivity contribution in [1.29, 1.82) is 0 Å². The second-order valence-electron chi connectivity index (χ2n) is 12.1. The van der Waals surface area contributed by atoms with Crippen LogP contribution in [0.2, 0.25) is 0 Å². The van der Waals surface area contributed by atoms with Crippen LogP contribution in [0.15, 0.2) is 23.0 Å². The third kappa shape index (κ3) is 4.39. The number of aromatic hydroxyl groups is 1. The number of amides is 1. The van der Waals surface area contributed by atoms with Gasteiger partial charge in [0, 0.05) is 58.1 Å². The van der Waals surface area contributed by atoms with Crippen LogP contribution in [0.25, 0.3) is 5.76 Å². The van der Waals surface area contributed by atoms with Crippen molar-refractivity contribution in [2.75, 3.05) is 60.0 Å². The van der Waals surface area contributed by atoms with Crippen LogP contribution in [0.5, 0.6) is 5.75 Å². The maximum atomic E-state index is 14.4. The molecule has 12 heteroatoms. The number of aliphatic hydroxyl groups is 2. The second kappa shape index (κ2) is 11.0. The van der Waals surface area contributed by atoms with Crippen LogP contribution >= 0.6 is 0 Å². The lowest BCUT2D eigenvalue weighted by Crippen LogP contribution is -2.66. The van der Waals surface area contributed by atoms with Crippen LogP contribution in [-0.2, 0) is 36.8 Å². The molecule has 5 rings (SSSR count). The molecule has 12 nitrogen and oxygen atoms in total. The van der Waals surface area contributed by atoms with Gasteiger partial charge in [0.1, 0.15) is 22.8 Å². The minimum Gasteiger partial charge on any atom is -0.508 e. The number of carbonyl (C=O) groups excluding carboxylic acids is 3. The summed E-state index contributed by atoms with van der Waals surface area (Å²) < 4.78 is 11.2. The number of Topliss-reactive ketones (excluding diaryl/α,β-unsaturated/α-hetero) is 2. The zero-order valence-electron chi connectivity index (χ0n) is 24.7. The average molecular weight is 585 g/mol. The lowest BCUT2D eigenvalue weighted by atomic mass is 9.57. The summed E-state index contributed by atoms with van der Waals surface area (Å²) in [5.41, 5.74) is 5.16. The molecule has 1 aromatic rings. The number of nitrogens with two attached hydrogens (primary N) is 1. The van der Waals surface area contributed by atoms with E-state index < -0.39 is 58.0 Å². The topological polar surface area (TPSA) is 175 Å². The number of aliphatic hydroxyl groups excluding tert-OH is 2. The van der Waals surface area contributed by atoms with Gasteiger partial charge in [-0.05, 0) is 62.4 Å². The predicted octanol–water partition coefficient (Wildman–Crippen LogP) is 0.810. The van der Waals surface area contributed by atoms with Gasteiger partial charge in [0.25, 0.3) is 5.91 Å². The maximum absolute atomic E-state index is 14.4. The van der Waals surface area contributed by atoms with Gasteiger partial charge < -0.3 is 40.7 Å². The summed E-state index contributed by atoms with van der Waals surface area (Å²) in [5.74, 6) is -5.04. The van der Waals surface area contributed by atoms with Crippen molar-refractivity contribution in [1.82, 2.24) is 10.2 Å². The van der Waals surface area contributed by atoms with Gasteiger partial charge in [0.2, 0.25) is 5.78 Å². The van der Waals surface area contributed by atoms with E-state index in [0.717, 1.165) is 30.8 Å². The zero-order chi connectivity index (χ0) is 30.7. The summed E-state index contributed by atoms with van der Waals surface area (Å²) in [6.45, 7) is 2.72. The molecule has 0 aromatic heterocycles. The molecule has 0 bridgehead atoms. The first-order chi connectivity index (χ1) is 19.9. The third-order valence-electron chi connectivity index (χ3n) is 9.28. The lowest BCUT2D eigenvalue weighted by molar-refractivity contribution is -0.159. The van der Waals surface area contributed by atoms with Gasteiger partial charge in [-0.3, -0.25) is 19.3 Å². The number of primary amides is 1. The number of rotatable bonds is 8. The van der Waals surface area contributed by atoms with Crippen LogP contribution in [-0.4, -0.2) is 104 Å². The molecular weight excluding hydrogens is 544 g/mol. The first kappa shape index (κ1) is 30.0. The highest BCUT2D eigenvalue weighted by Gasteiger charge is 2.65. The second-order valence-corrected chi connectivity index (χ2v) is 12.1. The number of nitrogens with zero attached hydrogens (tertiary/aromatic N) is 2. The normalized spacial score (nSPS) is 29.1. The molecule has 228 valence electrons. The Morgan fingerprint density at radius 1 is 1.21 bits per heavy atom. The Bertz CT molecular complexity index is 1390. The van der Waals surface area contributed by atoms with Crippen molar-refractivity contribution in [3.8, 4) is 5.75 Å². The Labute approximate surface area is 244 Å². The number of likely N-dealkylation sites (N-methyl/N-ethyl adjacent to an activating group) is 1. The minimum absolute atomic E-state index is 0.0186. The van der Waals surface area contributed by atoms with Gasteiger partial charge >= 0.3 is 0 Å². The Balaban J connectivity index is 1.64. The number of ether oxygens (including phenoxy) is 2. The van der Waals surface area contributed by atoms with Crippen molar-refractivity contribution >= 4 is 28.9 Å². The van der Waals surface area contributed by atoms with Crippen molar-refractivity contribution in [3.63, 3.8) is 0 Å². The van der Waals surface area contributed by atoms with Crippen molar-refractivity contribution < 1.29 is 39.2 Å². The summed E-state index contributed by atoms with van der Waals surface area (Å²) in [5, 5.41) is 37.6. The molecule has 6 N–H and O–H groups in total. The smallest absolute Gasteiger partial charge is 0.255 e. The fourth-order valence-corrected chi connectivity index (χ4v) is 7.53. The van der Waals surface area contributed by atoms with Crippen LogP contribution in [0.4, 0.5) is 5.69 Å². The maximum Gasteiger partial charge on any atom is 0.255 e. The number of hydrogen-bond donors (Lipinski definition) is 5. The van der Waals surface area contributed by atoms with E-state index in [2.05, 4.69) is 5.32 Å². The summed E-state index contributed by atoms with van der Waals surface area (Å²) in [4.78, 5) is 43.6. The first-order valence-corrected chi connectivity index (χ1v) is 14.2. The molecule has 1 heterocycles. The number of anilines is 1. The van der Waals surface area contributed by atoms with Gasteiger partial charge in [0.15, 0.2) is 11.4 Å². The lowest BCUT2D eigenvalue weighted by Gasteiger charge is -2.52. The van der Waals surface area contributed by atoms with Gasteiger partial charge in [0.05, 0.1) is 18.2 Å². The molecule has 1 aliphatic heterocycles. The van der Waals surface area contributed by atoms with E-state index >= 15 is 0 Å². The predicted molar refractivity (Wildman–Crippen MR) is 154 cm³/mol. The van der Waals surface area contributed by atoms with E-state index in [1.54, 1.807) is 25.1 Å². The highest BCUT2D eigenvalue weighted by atomic mass is 16.5. The van der Waals surface area contributed by atoms with Gasteiger partial charge in [-0.25, -0.2) is 0 Å². The molecule has 1 saturated heterocycles. The molecule has 1 amide bonds. The van der Waals surface area contributed by atoms with E-state index in [4.69, 9.17) is 15.2 Å². The summed E-state index contributed by atoms with van der Waals surface area (Å²) in [6.07, 6.45) is 1.47. The first-order valence-electron chi connectivity index (χ1n) is 14.2. The fraction of sp³-hybridized carbons (Fsp3) is 0.567. The number of ketones is 2. The quantitative estimate of drug-likeness (QED) is 0.274. The highest BCUT2D eigenvalue weighted by molar-refractivity contribution is 6.24. The minimum atomic E-state index is -2.11. The van der Waals surface area contributed by atoms with Gasteiger partial charge in [-0.15, -0.1) is 0 Å². The standard InChI is InChI=1S/C30H40N4O8/c1-33(2)23-16(12-32-11-14-6-7-42-13-14)10-19(35)21-17(23)8-15-9-18-24(34(3)4)26(37)22(29(31)40)28(39)30(18,41-5)27(38)20(15)25(21)36/h10,14-15,18,24,32,35-36,39H,6-9,11-13H2,1-5H3,(H2,31,40)/t14?,15-,18-,24-,30-/m0/s1. The Hall–Kier alpha value is -3.45. The third-order valence-corrected chi connectivity index (χ3v) is 9.28. The van der Waals surface area contributed by atoms with Crippen LogP contribution < -0.4 is 16.0 Å².